The molecule has 0 aromatic carbocycles. The maximum absolute atomic E-state index is 10.6. The van der Waals surface area contributed by atoms with Gasteiger partial charge in [-0.25, -0.2) is 9.78 Å². The highest BCUT2D eigenvalue weighted by molar-refractivity contribution is 5.73. The molecule has 1 rings (SSSR count). The molecule has 9 heteroatoms. The van der Waals surface area contributed by atoms with Crippen LogP contribution in [0.2, 0.25) is 0 Å². The smallest absolute Gasteiger partial charge is 0.480 e. The third-order valence-corrected chi connectivity index (χ3v) is 1.64. The Kier molecular flexibility index (Phi) is 5.34. The fraction of sp³-hybridized carbons (Fsp3) is 0.444. The van der Waals surface area contributed by atoms with Gasteiger partial charge in [-0.2, -0.15) is 13.2 Å². The van der Waals surface area contributed by atoms with Crippen molar-refractivity contribution in [2.75, 3.05) is 0 Å². The molecule has 1 aromatic rings. The van der Waals surface area contributed by atoms with Crippen molar-refractivity contribution in [3.8, 4) is 0 Å². The number of carboxylic acids is 2. The molecular formula is C9H11F3N2O4. The first-order valence-corrected chi connectivity index (χ1v) is 4.56. The fourth-order valence-corrected chi connectivity index (χ4v) is 0.973. The number of aryl methyl sites for hydroxylation is 2. The van der Waals surface area contributed by atoms with E-state index in [9.17, 15) is 18.0 Å². The fourth-order valence-electron chi connectivity index (χ4n) is 0.973. The molecule has 0 saturated carbocycles. The number of carbonyl (C=O) groups is 2. The van der Waals surface area contributed by atoms with Gasteiger partial charge in [0.15, 0.2) is 0 Å². The van der Waals surface area contributed by atoms with Gasteiger partial charge in [-0.1, -0.05) is 0 Å². The summed E-state index contributed by atoms with van der Waals surface area (Å²) in [5.41, 5.74) is 0.851. The van der Waals surface area contributed by atoms with Crippen LogP contribution >= 0.6 is 0 Å². The van der Waals surface area contributed by atoms with Gasteiger partial charge in [0.25, 0.3) is 0 Å². The predicted octanol–water partition coefficient (Wildman–Crippen LogP) is 1.22. The van der Waals surface area contributed by atoms with Crippen molar-refractivity contribution in [2.45, 2.75) is 26.6 Å². The van der Waals surface area contributed by atoms with E-state index in [0.717, 1.165) is 11.5 Å². The Morgan fingerprint density at radius 3 is 2.00 bits per heavy atom. The molecule has 102 valence electrons. The molecule has 0 aliphatic heterocycles. The van der Waals surface area contributed by atoms with Crippen LogP contribution in [-0.2, 0) is 16.1 Å². The van der Waals surface area contributed by atoms with Crippen molar-refractivity contribution in [3.63, 3.8) is 0 Å². The van der Waals surface area contributed by atoms with Gasteiger partial charge in [-0.05, 0) is 13.8 Å². The zero-order chi connectivity index (χ0) is 14.5. The summed E-state index contributed by atoms with van der Waals surface area (Å²) in [5.74, 6) is -2.86. The second-order valence-electron chi connectivity index (χ2n) is 3.25. The maximum atomic E-state index is 10.6. The Morgan fingerprint density at radius 2 is 1.78 bits per heavy atom. The molecule has 2 N–H and O–H groups in total. The van der Waals surface area contributed by atoms with Gasteiger partial charge in [0.05, 0.1) is 5.69 Å². The third-order valence-electron chi connectivity index (χ3n) is 1.64. The number of halogens is 3. The number of aliphatic carboxylic acids is 2. The standard InChI is InChI=1S/C7H10N2O2.C2HF3O2/c1-5-3-9(4-7(10)11)6(2)8-5;3-2(4,5)1(6)7/h3H,4H2,1-2H3,(H,10,11);(H,6,7). The first-order chi connectivity index (χ1) is 8.04. The van der Waals surface area contributed by atoms with E-state index in [-0.39, 0.29) is 6.54 Å². The zero-order valence-electron chi connectivity index (χ0n) is 9.52. The van der Waals surface area contributed by atoms with Crippen molar-refractivity contribution in [2.24, 2.45) is 0 Å². The van der Waals surface area contributed by atoms with Gasteiger partial charge in [0, 0.05) is 6.20 Å². The number of hydrogen-bond acceptors (Lipinski definition) is 3. The highest BCUT2D eigenvalue weighted by Gasteiger charge is 2.38. The monoisotopic (exact) mass is 268 g/mol. The van der Waals surface area contributed by atoms with Crippen molar-refractivity contribution < 1.29 is 33.0 Å². The van der Waals surface area contributed by atoms with Crippen molar-refractivity contribution in [3.05, 3.63) is 17.7 Å². The predicted molar refractivity (Wildman–Crippen MR) is 53.0 cm³/mol. The Balaban J connectivity index is 0.000000360. The minimum atomic E-state index is -5.08. The molecule has 1 heterocycles. The molecule has 6 nitrogen and oxygen atoms in total. The number of imidazole rings is 1. The molecular weight excluding hydrogens is 257 g/mol. The number of carboxylic acid groups (broad SMARTS) is 2. The summed E-state index contributed by atoms with van der Waals surface area (Å²) in [7, 11) is 0. The first-order valence-electron chi connectivity index (χ1n) is 4.56. The van der Waals surface area contributed by atoms with Crippen molar-refractivity contribution in [1.82, 2.24) is 9.55 Å². The lowest BCUT2D eigenvalue weighted by molar-refractivity contribution is -0.192. The third kappa shape index (κ3) is 5.87. The molecule has 0 bridgehead atoms. The Labute approximate surface area is 99.7 Å². The quantitative estimate of drug-likeness (QED) is 0.841. The number of alkyl halides is 3. The Bertz CT molecular complexity index is 440. The first kappa shape index (κ1) is 15.9. The van der Waals surface area contributed by atoms with Crippen LogP contribution in [0.4, 0.5) is 13.2 Å². The van der Waals surface area contributed by atoms with E-state index in [0.29, 0.717) is 0 Å². The topological polar surface area (TPSA) is 92.4 Å². The van der Waals surface area contributed by atoms with E-state index < -0.39 is 18.1 Å². The molecule has 18 heavy (non-hydrogen) atoms. The van der Waals surface area contributed by atoms with E-state index in [2.05, 4.69) is 4.98 Å². The van der Waals surface area contributed by atoms with Crippen LogP contribution in [0, 0.1) is 13.8 Å². The van der Waals surface area contributed by atoms with Crippen LogP contribution in [0.3, 0.4) is 0 Å². The van der Waals surface area contributed by atoms with Crippen LogP contribution in [0.25, 0.3) is 0 Å². The van der Waals surface area contributed by atoms with Gasteiger partial charge in [0.2, 0.25) is 0 Å². The largest absolute Gasteiger partial charge is 0.490 e. The summed E-state index contributed by atoms with van der Waals surface area (Å²) in [4.78, 5) is 23.2. The van der Waals surface area contributed by atoms with E-state index in [1.165, 1.54) is 0 Å². The molecule has 0 unspecified atom stereocenters. The van der Waals surface area contributed by atoms with E-state index in [4.69, 9.17) is 15.0 Å². The van der Waals surface area contributed by atoms with Gasteiger partial charge < -0.3 is 14.8 Å². The van der Waals surface area contributed by atoms with Crippen LogP contribution < -0.4 is 0 Å². The van der Waals surface area contributed by atoms with Crippen LogP contribution in [-0.4, -0.2) is 37.9 Å². The van der Waals surface area contributed by atoms with E-state index >= 15 is 0 Å². The lowest BCUT2D eigenvalue weighted by Crippen LogP contribution is -2.21. The van der Waals surface area contributed by atoms with Gasteiger partial charge in [-0.15, -0.1) is 0 Å². The minimum Gasteiger partial charge on any atom is -0.480 e. The van der Waals surface area contributed by atoms with Crippen LogP contribution in [0.1, 0.15) is 11.5 Å². The second kappa shape index (κ2) is 6.03. The minimum absolute atomic E-state index is 0.00727. The zero-order valence-corrected chi connectivity index (χ0v) is 9.52. The van der Waals surface area contributed by atoms with Gasteiger partial charge in [0.1, 0.15) is 12.4 Å². The number of aromatic nitrogens is 2. The molecule has 0 saturated heterocycles. The summed E-state index contributed by atoms with van der Waals surface area (Å²) in [5, 5.41) is 15.6. The van der Waals surface area contributed by atoms with E-state index in [1.807, 2.05) is 6.92 Å². The number of hydrogen-bond donors (Lipinski definition) is 2. The Morgan fingerprint density at radius 1 is 1.33 bits per heavy atom. The molecule has 0 amide bonds. The van der Waals surface area contributed by atoms with E-state index in [1.54, 1.807) is 17.7 Å². The summed E-state index contributed by atoms with van der Waals surface area (Å²) < 4.78 is 33.3. The highest BCUT2D eigenvalue weighted by Crippen LogP contribution is 2.13. The number of nitrogens with zero attached hydrogens (tertiary/aromatic N) is 2. The summed E-state index contributed by atoms with van der Waals surface area (Å²) in [6.07, 6.45) is -3.36. The highest BCUT2D eigenvalue weighted by atomic mass is 19.4. The van der Waals surface area contributed by atoms with Gasteiger partial charge in [-0.3, -0.25) is 4.79 Å². The Hall–Kier alpha value is -2.06. The summed E-state index contributed by atoms with van der Waals surface area (Å²) in [6.45, 7) is 3.62. The molecule has 1 aromatic heterocycles. The average molecular weight is 268 g/mol. The normalized spacial score (nSPS) is 10.5. The summed E-state index contributed by atoms with van der Waals surface area (Å²) >= 11 is 0. The van der Waals surface area contributed by atoms with Crippen molar-refractivity contribution >= 4 is 11.9 Å². The van der Waals surface area contributed by atoms with Crippen molar-refractivity contribution in [1.29, 1.82) is 0 Å². The maximum Gasteiger partial charge on any atom is 0.490 e. The molecule has 0 fully saturated rings. The lowest BCUT2D eigenvalue weighted by atomic mass is 10.5. The molecule has 0 aliphatic carbocycles. The second-order valence-corrected chi connectivity index (χ2v) is 3.25. The average Bonchev–Trinajstić information content (AvgIpc) is 2.43. The van der Waals surface area contributed by atoms with Gasteiger partial charge >= 0.3 is 18.1 Å². The summed E-state index contributed by atoms with van der Waals surface area (Å²) in [6, 6.07) is 0. The van der Waals surface area contributed by atoms with Crippen LogP contribution in [0.5, 0.6) is 0 Å². The lowest BCUT2D eigenvalue weighted by Gasteiger charge is -1.97. The van der Waals surface area contributed by atoms with Crippen LogP contribution in [0.15, 0.2) is 6.20 Å². The molecule has 0 aliphatic rings. The molecule has 0 spiro atoms. The SMILES string of the molecule is Cc1cn(CC(=O)O)c(C)n1.O=C(O)C(F)(F)F. The molecule has 0 atom stereocenters. The molecule has 0 radical (unpaired) electrons. The number of rotatable bonds is 2.